The molecule has 39 heavy (non-hydrogen) atoms. The minimum atomic E-state index is -0.601. The van der Waals surface area contributed by atoms with E-state index < -0.39 is 11.8 Å². The molecule has 2 aromatic carbocycles. The van der Waals surface area contributed by atoms with Gasteiger partial charge in [0.1, 0.15) is 5.75 Å². The summed E-state index contributed by atoms with van der Waals surface area (Å²) in [5, 5.41) is 8.95. The van der Waals surface area contributed by atoms with Crippen molar-refractivity contribution in [3.63, 3.8) is 0 Å². The average Bonchev–Trinajstić information content (AvgIpc) is 3.64. The van der Waals surface area contributed by atoms with Crippen molar-refractivity contribution in [2.45, 2.75) is 25.4 Å². The molecular formula is C30H35N5O3S. The van der Waals surface area contributed by atoms with Crippen molar-refractivity contribution < 1.29 is 14.3 Å². The molecule has 0 bridgehead atoms. The Morgan fingerprint density at radius 1 is 1.00 bits per heavy atom. The Hall–Kier alpha value is -3.82. The van der Waals surface area contributed by atoms with E-state index in [1.165, 1.54) is 10.6 Å². The summed E-state index contributed by atoms with van der Waals surface area (Å²) < 4.78 is 5.29. The van der Waals surface area contributed by atoms with Gasteiger partial charge in [0.25, 0.3) is 0 Å². The Balaban J connectivity index is 1.16. The highest BCUT2D eigenvalue weighted by molar-refractivity contribution is 7.10. The first-order valence-electron chi connectivity index (χ1n) is 13.3. The topological polar surface area (TPSA) is 89.7 Å². The molecule has 0 radical (unpaired) electrons. The number of benzene rings is 2. The van der Waals surface area contributed by atoms with Gasteiger partial charge in [0.2, 0.25) is 0 Å². The fraction of sp³-hybridized carbons (Fsp3) is 0.333. The Labute approximate surface area is 233 Å². The number of hydrogen-bond donors (Lipinski definition) is 3. The van der Waals surface area contributed by atoms with Crippen LogP contribution in [0.2, 0.25) is 0 Å². The first-order chi connectivity index (χ1) is 19.0. The van der Waals surface area contributed by atoms with Gasteiger partial charge in [-0.15, -0.1) is 11.3 Å². The minimum absolute atomic E-state index is 0.00834. The largest absolute Gasteiger partial charge is 0.497 e. The lowest BCUT2D eigenvalue weighted by Gasteiger charge is -2.42. The summed E-state index contributed by atoms with van der Waals surface area (Å²) in [7, 11) is 1.67. The number of carbonyl (C=O) groups is 2. The molecule has 0 saturated carbocycles. The Kier molecular flexibility index (Phi) is 8.48. The van der Waals surface area contributed by atoms with Gasteiger partial charge in [-0.2, -0.15) is 0 Å². The molecule has 1 saturated heterocycles. The van der Waals surface area contributed by atoms with Gasteiger partial charge in [0, 0.05) is 66.4 Å². The van der Waals surface area contributed by atoms with E-state index in [1.54, 1.807) is 18.4 Å². The lowest BCUT2D eigenvalue weighted by molar-refractivity contribution is -0.139. The van der Waals surface area contributed by atoms with Crippen molar-refractivity contribution in [3.8, 4) is 5.75 Å². The number of amides is 2. The van der Waals surface area contributed by atoms with Crippen LogP contribution in [0.25, 0.3) is 10.9 Å². The molecule has 1 aliphatic rings. The second kappa shape index (κ2) is 12.4. The number of piperazine rings is 1. The molecule has 5 rings (SSSR count). The van der Waals surface area contributed by atoms with Gasteiger partial charge in [0.15, 0.2) is 0 Å². The number of anilines is 1. The van der Waals surface area contributed by atoms with Crippen LogP contribution in [-0.4, -0.2) is 67.6 Å². The van der Waals surface area contributed by atoms with Crippen LogP contribution in [-0.2, 0) is 16.0 Å². The van der Waals surface area contributed by atoms with Crippen LogP contribution in [0.4, 0.5) is 5.69 Å². The fourth-order valence-electron chi connectivity index (χ4n) is 5.33. The SMILES string of the molecule is COc1ccc(N2CCN([C@H](c3cccs3)[C@H](C)NC(=O)C(=O)NCCc3c[nH]c4ccccc34)CC2)cc1. The van der Waals surface area contributed by atoms with Crippen molar-refractivity contribution in [3.05, 3.63) is 82.7 Å². The van der Waals surface area contributed by atoms with E-state index >= 15 is 0 Å². The van der Waals surface area contributed by atoms with Crippen LogP contribution >= 0.6 is 11.3 Å². The Bertz CT molecular complexity index is 1380. The van der Waals surface area contributed by atoms with Gasteiger partial charge in [-0.05, 0) is 60.7 Å². The number of carbonyl (C=O) groups excluding carboxylic acids is 2. The highest BCUT2D eigenvalue weighted by atomic mass is 32.1. The summed E-state index contributed by atoms with van der Waals surface area (Å²) in [4.78, 5) is 34.7. The molecule has 0 aliphatic carbocycles. The molecule has 0 spiro atoms. The molecule has 1 fully saturated rings. The summed E-state index contributed by atoms with van der Waals surface area (Å²) in [6.45, 7) is 5.84. The highest BCUT2D eigenvalue weighted by Gasteiger charge is 2.32. The molecule has 2 aromatic heterocycles. The van der Waals surface area contributed by atoms with Gasteiger partial charge in [-0.1, -0.05) is 24.3 Å². The Morgan fingerprint density at radius 3 is 2.49 bits per heavy atom. The number of fused-ring (bicyclic) bond motifs is 1. The quantitative estimate of drug-likeness (QED) is 0.277. The number of aromatic amines is 1. The smallest absolute Gasteiger partial charge is 0.309 e. The van der Waals surface area contributed by atoms with Gasteiger partial charge in [-0.3, -0.25) is 14.5 Å². The third-order valence-electron chi connectivity index (χ3n) is 7.37. The molecule has 8 nitrogen and oxygen atoms in total. The van der Waals surface area contributed by atoms with E-state index in [0.29, 0.717) is 13.0 Å². The van der Waals surface area contributed by atoms with E-state index in [9.17, 15) is 9.59 Å². The number of nitrogens with one attached hydrogen (secondary N) is 3. The normalized spacial score (nSPS) is 15.6. The summed E-state index contributed by atoms with van der Waals surface area (Å²) in [5.74, 6) is -0.350. The average molecular weight is 546 g/mol. The molecule has 4 aromatic rings. The third kappa shape index (κ3) is 6.26. The van der Waals surface area contributed by atoms with Gasteiger partial charge in [0.05, 0.1) is 13.2 Å². The number of ether oxygens (including phenoxy) is 1. The molecular weight excluding hydrogens is 510 g/mol. The summed E-state index contributed by atoms with van der Waals surface area (Å²) in [6, 6.07) is 20.1. The second-order valence-electron chi connectivity index (χ2n) is 9.81. The fourth-order valence-corrected chi connectivity index (χ4v) is 6.30. The molecule has 2 amide bonds. The number of hydrogen-bond acceptors (Lipinski definition) is 6. The molecule has 1 aliphatic heterocycles. The standard InChI is InChI=1S/C30H35N5O3S/c1-21(33-30(37)29(36)31-14-13-22-20-32-26-7-4-3-6-25(22)26)28(27-8-5-19-39-27)35-17-15-34(16-18-35)23-9-11-24(38-2)12-10-23/h3-12,19-21,28,32H,13-18H2,1-2H3,(H,31,36)(H,33,37)/t21-,28-/m0/s1. The number of rotatable bonds is 9. The van der Waals surface area contributed by atoms with Crippen LogP contribution in [0.1, 0.15) is 23.4 Å². The molecule has 2 atom stereocenters. The predicted octanol–water partition coefficient (Wildman–Crippen LogP) is 3.96. The van der Waals surface area contributed by atoms with Gasteiger partial charge >= 0.3 is 11.8 Å². The van der Waals surface area contributed by atoms with Gasteiger partial charge in [-0.25, -0.2) is 0 Å². The highest BCUT2D eigenvalue weighted by Crippen LogP contribution is 2.30. The maximum Gasteiger partial charge on any atom is 0.309 e. The number of methoxy groups -OCH3 is 1. The first-order valence-corrected chi connectivity index (χ1v) is 14.2. The van der Waals surface area contributed by atoms with Crippen molar-refractivity contribution in [2.75, 3.05) is 44.7 Å². The van der Waals surface area contributed by atoms with E-state index in [-0.39, 0.29) is 12.1 Å². The van der Waals surface area contributed by atoms with E-state index in [2.05, 4.69) is 55.1 Å². The zero-order valence-corrected chi connectivity index (χ0v) is 23.2. The molecule has 9 heteroatoms. The number of nitrogens with zero attached hydrogens (tertiary/aromatic N) is 2. The number of thiophene rings is 1. The maximum absolute atomic E-state index is 12.8. The van der Waals surface area contributed by atoms with Crippen LogP contribution in [0.3, 0.4) is 0 Å². The zero-order valence-electron chi connectivity index (χ0n) is 22.4. The predicted molar refractivity (Wildman–Crippen MR) is 156 cm³/mol. The van der Waals surface area contributed by atoms with Crippen molar-refractivity contribution in [2.24, 2.45) is 0 Å². The van der Waals surface area contributed by atoms with E-state index in [1.807, 2.05) is 49.5 Å². The van der Waals surface area contributed by atoms with Crippen LogP contribution in [0.15, 0.2) is 72.2 Å². The van der Waals surface area contributed by atoms with Crippen molar-refractivity contribution >= 4 is 39.7 Å². The molecule has 0 unspecified atom stereocenters. The van der Waals surface area contributed by atoms with Crippen molar-refractivity contribution in [1.29, 1.82) is 0 Å². The number of H-pyrrole nitrogens is 1. The van der Waals surface area contributed by atoms with E-state index in [4.69, 9.17) is 4.74 Å². The minimum Gasteiger partial charge on any atom is -0.497 e. The lowest BCUT2D eigenvalue weighted by Crippen LogP contribution is -2.53. The summed E-state index contributed by atoms with van der Waals surface area (Å²) in [6.07, 6.45) is 2.61. The summed E-state index contributed by atoms with van der Waals surface area (Å²) >= 11 is 1.68. The monoisotopic (exact) mass is 545 g/mol. The third-order valence-corrected chi connectivity index (χ3v) is 8.32. The van der Waals surface area contributed by atoms with Crippen LogP contribution in [0.5, 0.6) is 5.75 Å². The Morgan fingerprint density at radius 2 is 1.77 bits per heavy atom. The number of para-hydroxylation sites is 1. The number of aromatic nitrogens is 1. The van der Waals surface area contributed by atoms with Gasteiger partial charge < -0.3 is 25.3 Å². The van der Waals surface area contributed by atoms with Crippen LogP contribution in [0, 0.1) is 0 Å². The maximum atomic E-state index is 12.8. The zero-order chi connectivity index (χ0) is 27.2. The van der Waals surface area contributed by atoms with E-state index in [0.717, 1.165) is 48.4 Å². The van der Waals surface area contributed by atoms with Crippen LogP contribution < -0.4 is 20.3 Å². The summed E-state index contributed by atoms with van der Waals surface area (Å²) in [5.41, 5.74) is 3.36. The van der Waals surface area contributed by atoms with Crippen molar-refractivity contribution in [1.82, 2.24) is 20.5 Å². The molecule has 3 heterocycles. The first kappa shape index (κ1) is 26.8. The molecule has 3 N–H and O–H groups in total. The second-order valence-corrected chi connectivity index (χ2v) is 10.8. The molecule has 204 valence electrons. The lowest BCUT2D eigenvalue weighted by atomic mass is 10.0.